The molecule has 0 aromatic heterocycles. The summed E-state index contributed by atoms with van der Waals surface area (Å²) in [4.78, 5) is 10.6. The second-order valence-corrected chi connectivity index (χ2v) is 2.43. The van der Waals surface area contributed by atoms with Crippen molar-refractivity contribution in [3.05, 3.63) is 0 Å². The molecular weight excluding hydrogens is 154 g/mol. The van der Waals surface area contributed by atoms with E-state index in [0.717, 1.165) is 19.3 Å². The van der Waals surface area contributed by atoms with E-state index in [1.165, 1.54) is 0 Å². The summed E-state index contributed by atoms with van der Waals surface area (Å²) in [6, 6.07) is 0. The Morgan fingerprint density at radius 2 is 2.20 bits per heavy atom. The second-order valence-electron chi connectivity index (χ2n) is 2.11. The van der Waals surface area contributed by atoms with E-state index in [9.17, 15) is 4.79 Å². The number of carbonyl (C=O) groups is 1. The molecule has 0 saturated carbocycles. The lowest BCUT2D eigenvalue weighted by molar-refractivity contribution is -0.146. The van der Waals surface area contributed by atoms with E-state index in [4.69, 9.17) is 17.0 Å². The Labute approximate surface area is 65.6 Å². The number of hydroxylamine groups is 1. The van der Waals surface area contributed by atoms with Crippen molar-refractivity contribution in [1.29, 1.82) is 0 Å². The summed E-state index contributed by atoms with van der Waals surface area (Å²) < 4.78 is 0.121. The second kappa shape index (κ2) is 5.50. The van der Waals surface area contributed by atoms with Gasteiger partial charge in [-0.15, -0.1) is 4.58 Å². The quantitative estimate of drug-likeness (QED) is 0.299. The molecule has 0 aliphatic carbocycles. The first kappa shape index (κ1) is 9.72. The first-order chi connectivity index (χ1) is 4.68. The van der Waals surface area contributed by atoms with Crippen molar-refractivity contribution in [2.24, 2.45) is 0 Å². The van der Waals surface area contributed by atoms with Crippen LogP contribution in [0.3, 0.4) is 0 Å². The van der Waals surface area contributed by atoms with Crippen molar-refractivity contribution in [1.82, 2.24) is 4.58 Å². The molecule has 60 valence electrons. The number of hydrogen-bond donors (Lipinski definition) is 1. The van der Waals surface area contributed by atoms with Gasteiger partial charge in [0.05, 0.1) is 0 Å². The van der Waals surface area contributed by atoms with Gasteiger partial charge in [-0.2, -0.15) is 0 Å². The third kappa shape index (κ3) is 4.58. The molecular formula is C6H12ClNO2. The lowest BCUT2D eigenvalue weighted by Gasteiger charge is -2.02. The minimum atomic E-state index is -0.435. The van der Waals surface area contributed by atoms with Crippen molar-refractivity contribution in [2.45, 2.75) is 32.6 Å². The summed E-state index contributed by atoms with van der Waals surface area (Å²) in [5.74, 6) is -0.435. The summed E-state index contributed by atoms with van der Waals surface area (Å²) >= 11 is 4.95. The number of hydrogen-bond acceptors (Lipinski definition) is 2. The number of amides is 1. The Kier molecular flexibility index (Phi) is 5.35. The fourth-order valence-electron chi connectivity index (χ4n) is 0.618. The third-order valence-electron chi connectivity index (χ3n) is 1.20. The van der Waals surface area contributed by atoms with Crippen LogP contribution in [0.15, 0.2) is 0 Å². The zero-order chi connectivity index (χ0) is 7.98. The monoisotopic (exact) mass is 165 g/mol. The maximum absolute atomic E-state index is 10.6. The topological polar surface area (TPSA) is 40.5 Å². The molecule has 0 aliphatic rings. The highest BCUT2D eigenvalue weighted by Crippen LogP contribution is 2.02. The highest BCUT2D eigenvalue weighted by molar-refractivity contribution is 6.19. The number of halogens is 1. The third-order valence-corrected chi connectivity index (χ3v) is 1.39. The molecule has 0 fully saturated rings. The summed E-state index contributed by atoms with van der Waals surface area (Å²) in [5.41, 5.74) is 0. The van der Waals surface area contributed by atoms with Gasteiger partial charge >= 0.3 is 0 Å². The maximum atomic E-state index is 10.6. The van der Waals surface area contributed by atoms with Crippen molar-refractivity contribution in [3.8, 4) is 0 Å². The summed E-state index contributed by atoms with van der Waals surface area (Å²) in [7, 11) is 0. The average molecular weight is 166 g/mol. The number of carbonyl (C=O) groups excluding carboxylic acids is 1. The van der Waals surface area contributed by atoms with E-state index in [1.54, 1.807) is 0 Å². The number of rotatable bonds is 4. The van der Waals surface area contributed by atoms with Gasteiger partial charge in [0.2, 0.25) is 0 Å². The largest absolute Gasteiger partial charge is 0.271 e. The van der Waals surface area contributed by atoms with E-state index in [0.29, 0.717) is 6.42 Å². The highest BCUT2D eigenvalue weighted by Gasteiger charge is 2.05. The summed E-state index contributed by atoms with van der Waals surface area (Å²) in [6.45, 7) is 2.04. The first-order valence-corrected chi connectivity index (χ1v) is 3.70. The predicted octanol–water partition coefficient (Wildman–Crippen LogP) is 1.94. The van der Waals surface area contributed by atoms with E-state index < -0.39 is 5.91 Å². The van der Waals surface area contributed by atoms with Gasteiger partial charge in [-0.05, 0) is 6.42 Å². The van der Waals surface area contributed by atoms with Gasteiger partial charge in [-0.25, -0.2) is 0 Å². The standard InChI is InChI=1S/C6H12ClNO2/c1-2-3-4-5-6(9)8(7)10/h10H,2-5H2,1H3. The van der Waals surface area contributed by atoms with E-state index in [-0.39, 0.29) is 4.58 Å². The highest BCUT2D eigenvalue weighted by atomic mass is 35.5. The Morgan fingerprint density at radius 1 is 1.60 bits per heavy atom. The van der Waals surface area contributed by atoms with Crippen LogP contribution in [0.25, 0.3) is 0 Å². The van der Waals surface area contributed by atoms with Gasteiger partial charge in [0.1, 0.15) is 0 Å². The van der Waals surface area contributed by atoms with Crippen LogP contribution in [0.4, 0.5) is 0 Å². The van der Waals surface area contributed by atoms with Crippen molar-refractivity contribution in [3.63, 3.8) is 0 Å². The zero-order valence-corrected chi connectivity index (χ0v) is 6.76. The lowest BCUT2D eigenvalue weighted by atomic mass is 10.2. The van der Waals surface area contributed by atoms with Gasteiger partial charge < -0.3 is 0 Å². The smallest absolute Gasteiger partial charge is 0.261 e. The zero-order valence-electron chi connectivity index (χ0n) is 6.01. The molecule has 0 saturated heterocycles. The fraction of sp³-hybridized carbons (Fsp3) is 0.833. The molecule has 0 atom stereocenters. The van der Waals surface area contributed by atoms with Crippen LogP contribution in [-0.2, 0) is 4.79 Å². The van der Waals surface area contributed by atoms with Gasteiger partial charge in [0.25, 0.3) is 5.91 Å². The van der Waals surface area contributed by atoms with Crippen molar-refractivity contribution < 1.29 is 10.0 Å². The van der Waals surface area contributed by atoms with Crippen molar-refractivity contribution >= 4 is 17.7 Å². The molecule has 0 heterocycles. The minimum Gasteiger partial charge on any atom is -0.271 e. The molecule has 3 nitrogen and oxygen atoms in total. The van der Waals surface area contributed by atoms with Crippen LogP contribution < -0.4 is 0 Å². The molecule has 0 radical (unpaired) electrons. The summed E-state index contributed by atoms with van der Waals surface area (Å²) in [5, 5.41) is 8.37. The molecule has 0 aliphatic heterocycles. The van der Waals surface area contributed by atoms with Crippen LogP contribution in [0, 0.1) is 0 Å². The molecule has 0 aromatic rings. The average Bonchev–Trinajstić information content (AvgIpc) is 1.88. The molecule has 0 unspecified atom stereocenters. The fourth-order valence-corrected chi connectivity index (χ4v) is 0.703. The molecule has 1 N–H and O–H groups in total. The molecule has 0 rings (SSSR count). The maximum Gasteiger partial charge on any atom is 0.261 e. The number of unbranched alkanes of at least 4 members (excludes halogenated alkanes) is 2. The molecule has 1 amide bonds. The van der Waals surface area contributed by atoms with Crippen LogP contribution >= 0.6 is 11.8 Å². The normalized spacial score (nSPS) is 9.50. The van der Waals surface area contributed by atoms with Crippen molar-refractivity contribution in [2.75, 3.05) is 0 Å². The predicted molar refractivity (Wildman–Crippen MR) is 38.6 cm³/mol. The molecule has 0 bridgehead atoms. The van der Waals surface area contributed by atoms with Crippen LogP contribution in [0.1, 0.15) is 32.6 Å². The Balaban J connectivity index is 3.22. The first-order valence-electron chi connectivity index (χ1n) is 3.36. The number of nitrogens with zero attached hydrogens (tertiary/aromatic N) is 1. The molecule has 0 spiro atoms. The Bertz CT molecular complexity index is 106. The van der Waals surface area contributed by atoms with Crippen LogP contribution in [0.2, 0.25) is 0 Å². The van der Waals surface area contributed by atoms with E-state index in [2.05, 4.69) is 0 Å². The SMILES string of the molecule is CCCCCC(=O)N(O)Cl. The van der Waals surface area contributed by atoms with E-state index >= 15 is 0 Å². The van der Waals surface area contributed by atoms with Gasteiger partial charge in [-0.1, -0.05) is 19.8 Å². The molecule has 4 heteroatoms. The van der Waals surface area contributed by atoms with Gasteiger partial charge in [0.15, 0.2) is 0 Å². The lowest BCUT2D eigenvalue weighted by Crippen LogP contribution is -2.16. The summed E-state index contributed by atoms with van der Waals surface area (Å²) in [6.07, 6.45) is 3.17. The van der Waals surface area contributed by atoms with Gasteiger partial charge in [0, 0.05) is 18.2 Å². The van der Waals surface area contributed by atoms with Crippen LogP contribution in [-0.4, -0.2) is 15.7 Å². The Morgan fingerprint density at radius 3 is 2.60 bits per heavy atom. The Hall–Kier alpha value is -0.280. The van der Waals surface area contributed by atoms with Gasteiger partial charge in [-0.3, -0.25) is 10.0 Å². The molecule has 10 heavy (non-hydrogen) atoms. The minimum absolute atomic E-state index is 0.121. The van der Waals surface area contributed by atoms with E-state index in [1.807, 2.05) is 6.92 Å². The van der Waals surface area contributed by atoms with Crippen LogP contribution in [0.5, 0.6) is 0 Å². The molecule has 0 aromatic carbocycles.